The summed E-state index contributed by atoms with van der Waals surface area (Å²) >= 11 is 0. The van der Waals surface area contributed by atoms with Crippen molar-refractivity contribution in [2.45, 2.75) is 40.2 Å². The largest absolute Gasteiger partial charge is 0.309 e. The summed E-state index contributed by atoms with van der Waals surface area (Å²) in [6, 6.07) is 8.76. The number of sulfone groups is 1. The zero-order valence-corrected chi connectivity index (χ0v) is 13.8. The van der Waals surface area contributed by atoms with Gasteiger partial charge in [-0.05, 0) is 30.4 Å². The van der Waals surface area contributed by atoms with Crippen LogP contribution >= 0.6 is 0 Å². The van der Waals surface area contributed by atoms with E-state index in [0.29, 0.717) is 12.5 Å². The molecule has 0 aromatic heterocycles. The molecule has 1 atom stereocenters. The van der Waals surface area contributed by atoms with Crippen molar-refractivity contribution >= 4 is 9.84 Å². The van der Waals surface area contributed by atoms with E-state index in [9.17, 15) is 8.42 Å². The Morgan fingerprint density at radius 3 is 2.20 bits per heavy atom. The average molecular weight is 297 g/mol. The molecule has 1 unspecified atom stereocenters. The van der Waals surface area contributed by atoms with Crippen LogP contribution in [0.15, 0.2) is 24.3 Å². The van der Waals surface area contributed by atoms with Crippen LogP contribution in [0.2, 0.25) is 0 Å². The van der Waals surface area contributed by atoms with Crippen LogP contribution in [0.4, 0.5) is 0 Å². The van der Waals surface area contributed by atoms with Crippen LogP contribution in [0.5, 0.6) is 0 Å². The van der Waals surface area contributed by atoms with Crippen LogP contribution in [0, 0.1) is 5.92 Å². The van der Waals surface area contributed by atoms with Crippen molar-refractivity contribution in [3.8, 4) is 0 Å². The number of rotatable bonds is 8. The van der Waals surface area contributed by atoms with Gasteiger partial charge in [0.25, 0.3) is 0 Å². The van der Waals surface area contributed by atoms with Crippen molar-refractivity contribution in [3.63, 3.8) is 0 Å². The van der Waals surface area contributed by atoms with Gasteiger partial charge in [0.15, 0.2) is 9.84 Å². The second kappa shape index (κ2) is 7.79. The zero-order chi connectivity index (χ0) is 15.2. The van der Waals surface area contributed by atoms with Crippen molar-refractivity contribution in [3.05, 3.63) is 35.4 Å². The number of benzene rings is 1. The van der Waals surface area contributed by atoms with E-state index in [-0.39, 0.29) is 17.5 Å². The molecule has 114 valence electrons. The second-order valence-electron chi connectivity index (χ2n) is 5.75. The predicted octanol–water partition coefficient (Wildman–Crippen LogP) is 2.97. The first-order chi connectivity index (χ1) is 9.34. The summed E-state index contributed by atoms with van der Waals surface area (Å²) in [5, 5.41) is 3.27. The van der Waals surface area contributed by atoms with Crippen LogP contribution < -0.4 is 5.32 Å². The van der Waals surface area contributed by atoms with Gasteiger partial charge in [0.1, 0.15) is 0 Å². The molecule has 1 aromatic carbocycles. The van der Waals surface area contributed by atoms with E-state index in [1.807, 2.05) is 0 Å². The van der Waals surface area contributed by atoms with E-state index in [1.165, 1.54) is 11.1 Å². The molecule has 0 saturated heterocycles. The number of hydrogen-bond donors (Lipinski definition) is 1. The molecule has 0 spiro atoms. The third kappa shape index (κ3) is 6.06. The molecule has 0 bridgehead atoms. The molecule has 20 heavy (non-hydrogen) atoms. The molecular weight excluding hydrogens is 270 g/mol. The fraction of sp³-hybridized carbons (Fsp3) is 0.625. The first kappa shape index (κ1) is 17.2. The molecule has 1 aromatic rings. The van der Waals surface area contributed by atoms with Gasteiger partial charge >= 0.3 is 0 Å². The van der Waals surface area contributed by atoms with Gasteiger partial charge in [-0.25, -0.2) is 8.42 Å². The predicted molar refractivity (Wildman–Crippen MR) is 85.7 cm³/mol. The van der Waals surface area contributed by atoms with E-state index in [1.54, 1.807) is 6.92 Å². The SMILES string of the molecule is CCS(=O)(=O)CCNC(C)c1ccc(CC(C)C)cc1. The van der Waals surface area contributed by atoms with Gasteiger partial charge in [-0.1, -0.05) is 45.0 Å². The fourth-order valence-electron chi connectivity index (χ4n) is 2.11. The van der Waals surface area contributed by atoms with Crippen molar-refractivity contribution < 1.29 is 8.42 Å². The normalized spacial score (nSPS) is 13.7. The highest BCUT2D eigenvalue weighted by Gasteiger charge is 2.09. The fourth-order valence-corrected chi connectivity index (χ4v) is 2.82. The van der Waals surface area contributed by atoms with Crippen molar-refractivity contribution in [2.24, 2.45) is 5.92 Å². The Kier molecular flexibility index (Phi) is 6.69. The summed E-state index contributed by atoms with van der Waals surface area (Å²) in [5.74, 6) is 1.09. The Morgan fingerprint density at radius 1 is 1.10 bits per heavy atom. The van der Waals surface area contributed by atoms with Gasteiger partial charge in [-0.2, -0.15) is 0 Å². The molecule has 0 aliphatic carbocycles. The summed E-state index contributed by atoms with van der Waals surface area (Å²) in [7, 11) is -2.88. The van der Waals surface area contributed by atoms with Crippen LogP contribution in [-0.2, 0) is 16.3 Å². The van der Waals surface area contributed by atoms with Crippen molar-refractivity contribution in [2.75, 3.05) is 18.1 Å². The summed E-state index contributed by atoms with van der Waals surface area (Å²) in [5.41, 5.74) is 2.55. The minimum atomic E-state index is -2.88. The molecule has 0 aliphatic rings. The Morgan fingerprint density at radius 2 is 1.70 bits per heavy atom. The molecule has 0 aliphatic heterocycles. The Balaban J connectivity index is 2.49. The maximum atomic E-state index is 11.4. The smallest absolute Gasteiger partial charge is 0.151 e. The lowest BCUT2D eigenvalue weighted by Gasteiger charge is -2.15. The van der Waals surface area contributed by atoms with E-state index in [4.69, 9.17) is 0 Å². The van der Waals surface area contributed by atoms with E-state index < -0.39 is 9.84 Å². The van der Waals surface area contributed by atoms with E-state index in [2.05, 4.69) is 50.4 Å². The van der Waals surface area contributed by atoms with Crippen LogP contribution in [0.25, 0.3) is 0 Å². The highest BCUT2D eigenvalue weighted by molar-refractivity contribution is 7.91. The second-order valence-corrected chi connectivity index (χ2v) is 8.22. The molecule has 3 nitrogen and oxygen atoms in total. The lowest BCUT2D eigenvalue weighted by Crippen LogP contribution is -2.26. The Bertz CT molecular complexity index is 492. The van der Waals surface area contributed by atoms with Gasteiger partial charge in [0.05, 0.1) is 5.75 Å². The highest BCUT2D eigenvalue weighted by Crippen LogP contribution is 2.15. The van der Waals surface area contributed by atoms with Gasteiger partial charge in [-0.3, -0.25) is 0 Å². The standard InChI is InChI=1S/C16H27NO2S/c1-5-20(18,19)11-10-17-14(4)16-8-6-15(7-9-16)12-13(2)3/h6-9,13-14,17H,5,10-12H2,1-4H3. The molecule has 4 heteroatoms. The van der Waals surface area contributed by atoms with Crippen molar-refractivity contribution in [1.29, 1.82) is 0 Å². The molecule has 0 fully saturated rings. The minimum absolute atomic E-state index is 0.176. The third-order valence-electron chi connectivity index (χ3n) is 3.43. The molecule has 1 N–H and O–H groups in total. The molecule has 0 radical (unpaired) electrons. The van der Waals surface area contributed by atoms with Crippen LogP contribution in [0.3, 0.4) is 0 Å². The maximum absolute atomic E-state index is 11.4. The molecule has 0 saturated carbocycles. The topological polar surface area (TPSA) is 46.2 Å². The summed E-state index contributed by atoms with van der Waals surface area (Å²) in [4.78, 5) is 0. The monoisotopic (exact) mass is 297 g/mol. The number of nitrogens with one attached hydrogen (secondary N) is 1. The Hall–Kier alpha value is -0.870. The lowest BCUT2D eigenvalue weighted by molar-refractivity contribution is 0.572. The molecule has 0 heterocycles. The quantitative estimate of drug-likeness (QED) is 0.802. The third-order valence-corrected chi connectivity index (χ3v) is 5.13. The molecule has 0 amide bonds. The zero-order valence-electron chi connectivity index (χ0n) is 13.0. The number of hydrogen-bond acceptors (Lipinski definition) is 3. The first-order valence-electron chi connectivity index (χ1n) is 7.36. The average Bonchev–Trinajstić information content (AvgIpc) is 2.38. The van der Waals surface area contributed by atoms with Gasteiger partial charge < -0.3 is 5.32 Å². The van der Waals surface area contributed by atoms with Gasteiger partial charge in [0, 0.05) is 18.3 Å². The minimum Gasteiger partial charge on any atom is -0.309 e. The van der Waals surface area contributed by atoms with Gasteiger partial charge in [0.2, 0.25) is 0 Å². The Labute approximate surface area is 123 Å². The van der Waals surface area contributed by atoms with Crippen molar-refractivity contribution in [1.82, 2.24) is 5.32 Å². The molecular formula is C16H27NO2S. The van der Waals surface area contributed by atoms with Gasteiger partial charge in [-0.15, -0.1) is 0 Å². The van der Waals surface area contributed by atoms with E-state index in [0.717, 1.165) is 6.42 Å². The summed E-state index contributed by atoms with van der Waals surface area (Å²) in [6.07, 6.45) is 1.09. The first-order valence-corrected chi connectivity index (χ1v) is 9.19. The summed E-state index contributed by atoms with van der Waals surface area (Å²) in [6.45, 7) is 8.69. The van der Waals surface area contributed by atoms with Crippen LogP contribution in [0.1, 0.15) is 44.9 Å². The molecule has 1 rings (SSSR count). The lowest BCUT2D eigenvalue weighted by atomic mass is 10.00. The highest BCUT2D eigenvalue weighted by atomic mass is 32.2. The summed E-state index contributed by atoms with van der Waals surface area (Å²) < 4.78 is 22.8. The van der Waals surface area contributed by atoms with Crippen LogP contribution in [-0.4, -0.2) is 26.5 Å². The maximum Gasteiger partial charge on any atom is 0.151 e. The van der Waals surface area contributed by atoms with E-state index >= 15 is 0 Å².